The maximum absolute atomic E-state index is 14.1. The van der Waals surface area contributed by atoms with E-state index in [1.165, 1.54) is 30.9 Å². The van der Waals surface area contributed by atoms with Crippen LogP contribution in [0, 0.1) is 11.8 Å². The molecule has 1 aliphatic carbocycles. The van der Waals surface area contributed by atoms with Gasteiger partial charge in [-0.1, -0.05) is 50.2 Å². The van der Waals surface area contributed by atoms with Gasteiger partial charge in [0.15, 0.2) is 0 Å². The topological polar surface area (TPSA) is 193 Å². The molecule has 6 unspecified atom stereocenters. The molecule has 7 rings (SSSR count). The summed E-state index contributed by atoms with van der Waals surface area (Å²) in [6.07, 6.45) is 8.50. The van der Waals surface area contributed by atoms with Crippen molar-refractivity contribution in [2.75, 3.05) is 40.5 Å². The quantitative estimate of drug-likeness (QED) is 0.0878. The van der Waals surface area contributed by atoms with Gasteiger partial charge in [0.2, 0.25) is 11.8 Å². The van der Waals surface area contributed by atoms with E-state index in [4.69, 9.17) is 23.9 Å². The molecule has 0 bridgehead atoms. The number of imidazole rings is 2. The second-order valence-corrected chi connectivity index (χ2v) is 17.4. The Hall–Kier alpha value is -5.74. The number of aromatic amines is 2. The van der Waals surface area contributed by atoms with Crippen molar-refractivity contribution in [1.29, 1.82) is 0 Å². The van der Waals surface area contributed by atoms with Crippen LogP contribution in [0.2, 0.25) is 0 Å². The van der Waals surface area contributed by atoms with Crippen molar-refractivity contribution in [2.24, 2.45) is 11.8 Å². The molecular weight excluding hydrogens is 817 g/mol. The van der Waals surface area contributed by atoms with Gasteiger partial charge in [0.1, 0.15) is 23.7 Å². The Labute approximate surface area is 375 Å². The molecule has 4 heterocycles. The molecule has 4 amide bonds. The van der Waals surface area contributed by atoms with E-state index in [2.05, 4.69) is 62.0 Å². The van der Waals surface area contributed by atoms with Gasteiger partial charge in [0.05, 0.1) is 63.3 Å². The van der Waals surface area contributed by atoms with Crippen molar-refractivity contribution in [3.05, 3.63) is 71.6 Å². The molecule has 2 aromatic carbocycles. The van der Waals surface area contributed by atoms with E-state index in [-0.39, 0.29) is 48.9 Å². The van der Waals surface area contributed by atoms with Crippen LogP contribution < -0.4 is 10.6 Å². The molecule has 2 aliphatic heterocycles. The number of fused-ring (bicyclic) bond motifs is 1. The minimum absolute atomic E-state index is 0.000219. The van der Waals surface area contributed by atoms with Crippen LogP contribution in [0.4, 0.5) is 9.59 Å². The molecule has 4 N–H and O–H groups in total. The van der Waals surface area contributed by atoms with E-state index < -0.39 is 24.3 Å². The van der Waals surface area contributed by atoms with Crippen molar-refractivity contribution < 1.29 is 38.1 Å². The average molecular weight is 881 g/mol. The Morgan fingerprint density at radius 3 is 1.61 bits per heavy atom. The highest BCUT2D eigenvalue weighted by molar-refractivity contribution is 5.87. The van der Waals surface area contributed by atoms with Gasteiger partial charge in [0.25, 0.3) is 0 Å². The first kappa shape index (κ1) is 46.3. The largest absolute Gasteiger partial charge is 0.453 e. The summed E-state index contributed by atoms with van der Waals surface area (Å²) < 4.78 is 21.3. The number of rotatable bonds is 17. The van der Waals surface area contributed by atoms with Crippen LogP contribution in [0.3, 0.4) is 0 Å². The number of methoxy groups -OCH3 is 2. The second kappa shape index (κ2) is 21.3. The normalized spacial score (nSPS) is 20.2. The predicted molar refractivity (Wildman–Crippen MR) is 241 cm³/mol. The fourth-order valence-corrected chi connectivity index (χ4v) is 9.49. The number of benzene rings is 2. The molecule has 0 radical (unpaired) electrons. The molecule has 2 aromatic heterocycles. The van der Waals surface area contributed by atoms with Gasteiger partial charge in [-0.25, -0.2) is 19.6 Å². The minimum Gasteiger partial charge on any atom is -0.453 e. The second-order valence-electron chi connectivity index (χ2n) is 17.4. The van der Waals surface area contributed by atoms with Crippen LogP contribution in [0.1, 0.15) is 89.0 Å². The molecule has 64 heavy (non-hydrogen) atoms. The average Bonchev–Trinajstić information content (AvgIpc) is 3.97. The monoisotopic (exact) mass is 880 g/mol. The zero-order chi connectivity index (χ0) is 45.3. The van der Waals surface area contributed by atoms with Crippen LogP contribution in [0.5, 0.6) is 0 Å². The molecule has 2 saturated heterocycles. The number of amides is 4. The third-order valence-electron chi connectivity index (χ3n) is 12.8. The van der Waals surface area contributed by atoms with Crippen LogP contribution in [-0.2, 0) is 54.5 Å². The number of ether oxygens (including phenoxy) is 4. The molecule has 0 spiro atoms. The predicted octanol–water partition coefficient (Wildman–Crippen LogP) is 6.79. The summed E-state index contributed by atoms with van der Waals surface area (Å²) >= 11 is 0. The number of H-pyrrole nitrogens is 2. The highest BCUT2D eigenvalue weighted by Gasteiger charge is 2.38. The van der Waals surface area contributed by atoms with E-state index in [0.717, 1.165) is 53.8 Å². The number of carbonyl (C=O) groups excluding carboxylic acids is 4. The number of nitrogens with one attached hydrogen (secondary N) is 4. The van der Waals surface area contributed by atoms with Gasteiger partial charge in [-0.3, -0.25) is 9.59 Å². The minimum atomic E-state index is -0.724. The standard InChI is InChI=1S/C48H64N8O8/c1-7-19-55(45(57)43(53-47(59)61-5)33-17-21-63-29(3)23-33)27-41-49-25-39(51-41)32-11-9-31(10-12-32)35-13-16-38(37-15-14-36(35)37)40-26-50-42(52-40)28-56(20-8-2)46(58)44(54-48(60)62-6)34-18-22-64-30(4)24-34/h9-13,16,25-26,29-30,33-34,43-44H,7-8,14-15,17-24,27-28H2,1-6H3,(H,49,51)(H,50,52)(H,53,59)(H,54,60). The third kappa shape index (κ3) is 10.8. The number of hydrogen-bond donors (Lipinski definition) is 4. The Morgan fingerprint density at radius 2 is 1.14 bits per heavy atom. The van der Waals surface area contributed by atoms with E-state index in [0.29, 0.717) is 63.6 Å². The van der Waals surface area contributed by atoms with Gasteiger partial charge >= 0.3 is 12.2 Å². The Kier molecular flexibility index (Phi) is 15.4. The first-order valence-electron chi connectivity index (χ1n) is 22.8. The SMILES string of the molecule is CCCN(Cc1ncc(-c2ccc(-c3ccc(-c4cnc(CN(CCC)C(=O)C(NC(=O)OC)C5CCOC(C)C5)[nH]4)c4c3CC4)cc2)[nH]1)C(=O)C(NC(=O)OC)C1CCOC(C)C1. The smallest absolute Gasteiger partial charge is 0.407 e. The number of carbonyl (C=O) groups is 4. The molecule has 4 aromatic rings. The number of nitrogens with zero attached hydrogens (tertiary/aromatic N) is 4. The van der Waals surface area contributed by atoms with Gasteiger partial charge in [-0.15, -0.1) is 0 Å². The van der Waals surface area contributed by atoms with Crippen molar-refractivity contribution in [1.82, 2.24) is 40.4 Å². The summed E-state index contributed by atoms with van der Waals surface area (Å²) in [4.78, 5) is 72.7. The summed E-state index contributed by atoms with van der Waals surface area (Å²) in [5, 5.41) is 5.64. The lowest BCUT2D eigenvalue weighted by Gasteiger charge is -2.35. The Balaban J connectivity index is 1.02. The molecular formula is C48H64N8O8. The van der Waals surface area contributed by atoms with E-state index >= 15 is 0 Å². The van der Waals surface area contributed by atoms with Gasteiger partial charge in [0, 0.05) is 31.9 Å². The van der Waals surface area contributed by atoms with Crippen molar-refractivity contribution in [2.45, 2.75) is 116 Å². The van der Waals surface area contributed by atoms with Crippen molar-refractivity contribution in [3.63, 3.8) is 0 Å². The lowest BCUT2D eigenvalue weighted by molar-refractivity contribution is -0.137. The van der Waals surface area contributed by atoms with E-state index in [1.54, 1.807) is 16.0 Å². The van der Waals surface area contributed by atoms with Crippen LogP contribution in [-0.4, -0.2) is 119 Å². The Bertz CT molecular complexity index is 2240. The maximum Gasteiger partial charge on any atom is 0.407 e. The van der Waals surface area contributed by atoms with Crippen LogP contribution in [0.25, 0.3) is 33.6 Å². The molecule has 16 nitrogen and oxygen atoms in total. The van der Waals surface area contributed by atoms with Crippen LogP contribution >= 0.6 is 0 Å². The highest BCUT2D eigenvalue weighted by atomic mass is 16.5. The van der Waals surface area contributed by atoms with E-state index in [1.807, 2.05) is 33.9 Å². The number of aromatic nitrogens is 4. The fourth-order valence-electron chi connectivity index (χ4n) is 9.49. The summed E-state index contributed by atoms with van der Waals surface area (Å²) in [7, 11) is 2.61. The van der Waals surface area contributed by atoms with Gasteiger partial charge < -0.3 is 49.3 Å². The van der Waals surface area contributed by atoms with Crippen molar-refractivity contribution >= 4 is 24.0 Å². The first-order chi connectivity index (χ1) is 31.0. The van der Waals surface area contributed by atoms with Gasteiger partial charge in [-0.2, -0.15) is 0 Å². The Morgan fingerprint density at radius 1 is 0.688 bits per heavy atom. The lowest BCUT2D eigenvalue weighted by atomic mass is 9.79. The highest BCUT2D eigenvalue weighted by Crippen LogP contribution is 2.40. The zero-order valence-electron chi connectivity index (χ0n) is 38.0. The summed E-state index contributed by atoms with van der Waals surface area (Å²) in [5.74, 6) is 0.897. The number of alkyl carbamates (subject to hydrolysis) is 2. The number of hydrogen-bond acceptors (Lipinski definition) is 10. The summed E-state index contributed by atoms with van der Waals surface area (Å²) in [5.41, 5.74) is 8.73. The molecule has 2 fully saturated rings. The molecule has 3 aliphatic rings. The lowest BCUT2D eigenvalue weighted by Crippen LogP contribution is -2.53. The first-order valence-corrected chi connectivity index (χ1v) is 22.8. The zero-order valence-corrected chi connectivity index (χ0v) is 38.0. The summed E-state index contributed by atoms with van der Waals surface area (Å²) in [6.45, 7) is 10.7. The maximum atomic E-state index is 14.1. The van der Waals surface area contributed by atoms with E-state index in [9.17, 15) is 19.2 Å². The van der Waals surface area contributed by atoms with Gasteiger partial charge in [-0.05, 0) is 105 Å². The van der Waals surface area contributed by atoms with Crippen LogP contribution in [0.15, 0.2) is 48.8 Å². The molecule has 16 heteroatoms. The molecule has 0 saturated carbocycles. The molecule has 6 atom stereocenters. The fraction of sp³-hybridized carbons (Fsp3) is 0.542. The van der Waals surface area contributed by atoms with Crippen molar-refractivity contribution in [3.8, 4) is 33.6 Å². The third-order valence-corrected chi connectivity index (χ3v) is 12.8. The summed E-state index contributed by atoms with van der Waals surface area (Å²) in [6, 6.07) is 11.3. The molecule has 344 valence electrons.